The second-order valence-corrected chi connectivity index (χ2v) is 9.14. The minimum absolute atomic E-state index is 0.0482. The van der Waals surface area contributed by atoms with Crippen molar-refractivity contribution in [3.8, 4) is 0 Å². The first kappa shape index (κ1) is 19.8. The molecule has 0 saturated carbocycles. The molecule has 6 heteroatoms. The van der Waals surface area contributed by atoms with Gasteiger partial charge in [0.1, 0.15) is 5.37 Å². The van der Waals surface area contributed by atoms with Gasteiger partial charge in [-0.05, 0) is 56.2 Å². The van der Waals surface area contributed by atoms with Crippen LogP contribution >= 0.6 is 23.4 Å². The molecule has 1 heterocycles. The molecular weight excluding hydrogens is 380 g/mol. The van der Waals surface area contributed by atoms with Crippen molar-refractivity contribution in [3.05, 3.63) is 70.2 Å². The molecule has 0 aromatic heterocycles. The smallest absolute Gasteiger partial charge is 0.251 e. The third-order valence-corrected chi connectivity index (χ3v) is 5.69. The van der Waals surface area contributed by atoms with E-state index in [0.717, 1.165) is 11.1 Å². The predicted octanol–water partition coefficient (Wildman–Crippen LogP) is 4.64. The number of benzene rings is 2. The number of halogens is 1. The molecule has 1 atom stereocenters. The Hall–Kier alpha value is -1.98. The summed E-state index contributed by atoms with van der Waals surface area (Å²) in [6.07, 6.45) is 0. The van der Waals surface area contributed by atoms with Crippen molar-refractivity contribution in [2.45, 2.75) is 38.2 Å². The van der Waals surface area contributed by atoms with E-state index in [1.54, 1.807) is 11.8 Å². The average Bonchev–Trinajstić information content (AvgIpc) is 2.96. The summed E-state index contributed by atoms with van der Waals surface area (Å²) in [5.74, 6) is 0.488. The molecule has 1 aliphatic heterocycles. The normalized spacial score (nSPS) is 17.3. The number of amides is 2. The first-order valence-electron chi connectivity index (χ1n) is 8.81. The third kappa shape index (κ3) is 5.05. The van der Waals surface area contributed by atoms with Crippen LogP contribution in [0, 0.1) is 0 Å². The Morgan fingerprint density at radius 3 is 2.37 bits per heavy atom. The second kappa shape index (κ2) is 7.95. The molecule has 0 unspecified atom stereocenters. The van der Waals surface area contributed by atoms with Crippen molar-refractivity contribution in [3.63, 3.8) is 0 Å². The Kier molecular flexibility index (Phi) is 5.82. The van der Waals surface area contributed by atoms with Crippen LogP contribution in [0.3, 0.4) is 0 Å². The van der Waals surface area contributed by atoms with Crippen molar-refractivity contribution in [2.75, 3.05) is 5.75 Å². The fraction of sp³-hybridized carbons (Fsp3) is 0.333. The molecule has 1 aliphatic rings. The highest BCUT2D eigenvalue weighted by molar-refractivity contribution is 8.00. The summed E-state index contributed by atoms with van der Waals surface area (Å²) < 4.78 is 0. The number of carbonyl (C=O) groups excluding carboxylic acids is 2. The maximum absolute atomic E-state index is 12.4. The molecule has 1 saturated heterocycles. The highest BCUT2D eigenvalue weighted by atomic mass is 35.5. The molecule has 1 fully saturated rings. The van der Waals surface area contributed by atoms with Crippen LogP contribution < -0.4 is 5.32 Å². The zero-order valence-electron chi connectivity index (χ0n) is 15.7. The summed E-state index contributed by atoms with van der Waals surface area (Å²) in [7, 11) is 0. The molecular formula is C21H23ClN2O2S. The van der Waals surface area contributed by atoms with Crippen molar-refractivity contribution in [1.82, 2.24) is 10.2 Å². The average molecular weight is 403 g/mol. The molecule has 0 bridgehead atoms. The van der Waals surface area contributed by atoms with Crippen LogP contribution in [0.25, 0.3) is 0 Å². The van der Waals surface area contributed by atoms with Crippen molar-refractivity contribution < 1.29 is 9.59 Å². The van der Waals surface area contributed by atoms with Gasteiger partial charge in [-0.15, -0.1) is 11.8 Å². The predicted molar refractivity (Wildman–Crippen MR) is 111 cm³/mol. The standard InChI is InChI=1S/C21H23ClN2O2S/c1-21(2,3)23-19(26)15-6-8-16(9-7-15)20-24(18(25)13-27-20)12-14-4-10-17(22)11-5-14/h4-11,20H,12-13H2,1-3H3,(H,23,26)/t20-/m0/s1. The van der Waals surface area contributed by atoms with E-state index in [1.165, 1.54) is 0 Å². The summed E-state index contributed by atoms with van der Waals surface area (Å²) in [5, 5.41) is 3.59. The van der Waals surface area contributed by atoms with Crippen LogP contribution in [0.4, 0.5) is 0 Å². The SMILES string of the molecule is CC(C)(C)NC(=O)c1ccc([C@@H]2SCC(=O)N2Cc2ccc(Cl)cc2)cc1. The Labute approximate surface area is 169 Å². The number of carbonyl (C=O) groups is 2. The van der Waals surface area contributed by atoms with Gasteiger partial charge >= 0.3 is 0 Å². The highest BCUT2D eigenvalue weighted by Gasteiger charge is 2.32. The van der Waals surface area contributed by atoms with Crippen LogP contribution in [0.2, 0.25) is 5.02 Å². The van der Waals surface area contributed by atoms with E-state index in [2.05, 4.69) is 5.32 Å². The molecule has 2 aromatic carbocycles. The zero-order valence-corrected chi connectivity index (χ0v) is 17.2. The lowest BCUT2D eigenvalue weighted by Crippen LogP contribution is -2.40. The zero-order chi connectivity index (χ0) is 19.6. The van der Waals surface area contributed by atoms with Gasteiger partial charge in [0, 0.05) is 22.7 Å². The maximum atomic E-state index is 12.4. The van der Waals surface area contributed by atoms with E-state index in [-0.39, 0.29) is 22.7 Å². The fourth-order valence-electron chi connectivity index (χ4n) is 2.90. The van der Waals surface area contributed by atoms with Crippen LogP contribution in [0.1, 0.15) is 47.6 Å². The minimum Gasteiger partial charge on any atom is -0.347 e. The largest absolute Gasteiger partial charge is 0.347 e. The number of hydrogen-bond donors (Lipinski definition) is 1. The van der Waals surface area contributed by atoms with Crippen LogP contribution in [0.5, 0.6) is 0 Å². The monoisotopic (exact) mass is 402 g/mol. The van der Waals surface area contributed by atoms with Gasteiger partial charge in [0.2, 0.25) is 5.91 Å². The van der Waals surface area contributed by atoms with E-state index in [9.17, 15) is 9.59 Å². The lowest BCUT2D eigenvalue weighted by atomic mass is 10.1. The van der Waals surface area contributed by atoms with E-state index in [4.69, 9.17) is 11.6 Å². The Morgan fingerprint density at radius 2 is 1.78 bits per heavy atom. The molecule has 142 valence electrons. The molecule has 27 heavy (non-hydrogen) atoms. The lowest BCUT2D eigenvalue weighted by molar-refractivity contribution is -0.128. The van der Waals surface area contributed by atoms with Crippen molar-refractivity contribution in [2.24, 2.45) is 0 Å². The van der Waals surface area contributed by atoms with Gasteiger partial charge in [0.25, 0.3) is 5.91 Å². The summed E-state index contributed by atoms with van der Waals surface area (Å²) in [5.41, 5.74) is 2.40. The summed E-state index contributed by atoms with van der Waals surface area (Å²) in [6.45, 7) is 6.40. The minimum atomic E-state index is -0.279. The summed E-state index contributed by atoms with van der Waals surface area (Å²) in [6, 6.07) is 15.1. The van der Waals surface area contributed by atoms with Gasteiger partial charge in [0.05, 0.1) is 5.75 Å². The van der Waals surface area contributed by atoms with Crippen molar-refractivity contribution >= 4 is 35.2 Å². The third-order valence-electron chi connectivity index (χ3n) is 4.18. The van der Waals surface area contributed by atoms with E-state index in [1.807, 2.05) is 74.2 Å². The summed E-state index contributed by atoms with van der Waals surface area (Å²) in [4.78, 5) is 26.5. The van der Waals surface area contributed by atoms with Gasteiger partial charge in [-0.2, -0.15) is 0 Å². The van der Waals surface area contributed by atoms with Gasteiger partial charge in [-0.3, -0.25) is 9.59 Å². The molecule has 0 spiro atoms. The van der Waals surface area contributed by atoms with E-state index in [0.29, 0.717) is 22.9 Å². The number of thioether (sulfide) groups is 1. The van der Waals surface area contributed by atoms with Gasteiger partial charge in [0.15, 0.2) is 0 Å². The molecule has 0 radical (unpaired) electrons. The fourth-order valence-corrected chi connectivity index (χ4v) is 4.21. The van der Waals surface area contributed by atoms with Gasteiger partial charge < -0.3 is 10.2 Å². The Bertz CT molecular complexity index is 829. The molecule has 0 aliphatic carbocycles. The maximum Gasteiger partial charge on any atom is 0.251 e. The molecule has 2 amide bonds. The first-order valence-corrected chi connectivity index (χ1v) is 10.2. The van der Waals surface area contributed by atoms with Gasteiger partial charge in [-0.25, -0.2) is 0 Å². The molecule has 2 aromatic rings. The van der Waals surface area contributed by atoms with Crippen LogP contribution in [-0.2, 0) is 11.3 Å². The second-order valence-electron chi connectivity index (χ2n) is 7.64. The van der Waals surface area contributed by atoms with E-state index >= 15 is 0 Å². The quantitative estimate of drug-likeness (QED) is 0.810. The molecule has 4 nitrogen and oxygen atoms in total. The highest BCUT2D eigenvalue weighted by Crippen LogP contribution is 2.39. The number of nitrogens with one attached hydrogen (secondary N) is 1. The Balaban J connectivity index is 1.75. The van der Waals surface area contributed by atoms with E-state index < -0.39 is 0 Å². The van der Waals surface area contributed by atoms with Crippen molar-refractivity contribution in [1.29, 1.82) is 0 Å². The number of rotatable bonds is 4. The summed E-state index contributed by atoms with van der Waals surface area (Å²) >= 11 is 7.55. The molecule has 1 N–H and O–H groups in total. The number of hydrogen-bond acceptors (Lipinski definition) is 3. The van der Waals surface area contributed by atoms with Gasteiger partial charge in [-0.1, -0.05) is 35.9 Å². The topological polar surface area (TPSA) is 49.4 Å². The Morgan fingerprint density at radius 1 is 1.15 bits per heavy atom. The first-order chi connectivity index (χ1) is 12.7. The lowest BCUT2D eigenvalue weighted by Gasteiger charge is -2.25. The van der Waals surface area contributed by atoms with Crippen LogP contribution in [-0.4, -0.2) is 28.0 Å². The number of nitrogens with zero attached hydrogens (tertiary/aromatic N) is 1. The van der Waals surface area contributed by atoms with Crippen LogP contribution in [0.15, 0.2) is 48.5 Å². The molecule has 3 rings (SSSR count).